The fourth-order valence-corrected chi connectivity index (χ4v) is 4.51. The molecule has 1 aliphatic rings. The lowest BCUT2D eigenvalue weighted by Gasteiger charge is -2.25. The first-order valence-corrected chi connectivity index (χ1v) is 10.6. The van der Waals surface area contributed by atoms with E-state index in [-0.39, 0.29) is 29.5 Å². The van der Waals surface area contributed by atoms with Crippen LogP contribution >= 0.6 is 0 Å². The quantitative estimate of drug-likeness (QED) is 0.520. The van der Waals surface area contributed by atoms with Gasteiger partial charge < -0.3 is 9.47 Å². The summed E-state index contributed by atoms with van der Waals surface area (Å²) >= 11 is 0. The van der Waals surface area contributed by atoms with E-state index in [4.69, 9.17) is 9.47 Å². The Kier molecular flexibility index (Phi) is 6.64. The van der Waals surface area contributed by atoms with Gasteiger partial charge in [0.1, 0.15) is 24.8 Å². The molecule has 1 saturated heterocycles. The van der Waals surface area contributed by atoms with Gasteiger partial charge in [-0.15, -0.1) is 0 Å². The van der Waals surface area contributed by atoms with Crippen LogP contribution in [0.5, 0.6) is 5.75 Å². The van der Waals surface area contributed by atoms with E-state index in [2.05, 4.69) is 0 Å². The van der Waals surface area contributed by atoms with Gasteiger partial charge in [0, 0.05) is 13.1 Å². The van der Waals surface area contributed by atoms with Gasteiger partial charge >= 0.3 is 5.97 Å². The van der Waals surface area contributed by atoms with Crippen LogP contribution in [0.2, 0.25) is 0 Å². The highest BCUT2D eigenvalue weighted by Gasteiger charge is 2.26. The van der Waals surface area contributed by atoms with Crippen molar-refractivity contribution in [1.82, 2.24) is 4.31 Å². The Morgan fingerprint density at radius 2 is 1.71 bits per heavy atom. The molecule has 0 bridgehead atoms. The van der Waals surface area contributed by atoms with Crippen LogP contribution < -0.4 is 4.74 Å². The molecule has 2 aromatic carbocycles. The Morgan fingerprint density at radius 3 is 2.43 bits per heavy atom. The molecule has 0 amide bonds. The van der Waals surface area contributed by atoms with Gasteiger partial charge in [0.05, 0.1) is 10.5 Å². The van der Waals surface area contributed by atoms with Crippen molar-refractivity contribution in [3.63, 3.8) is 0 Å². The van der Waals surface area contributed by atoms with Crippen LogP contribution in [0, 0.1) is 5.82 Å². The molecular formula is C20H22FNO5S. The van der Waals surface area contributed by atoms with Crippen LogP contribution in [0.15, 0.2) is 53.4 Å². The van der Waals surface area contributed by atoms with Crippen molar-refractivity contribution in [3.05, 3.63) is 59.9 Å². The molecule has 0 spiro atoms. The number of esters is 1. The monoisotopic (exact) mass is 407 g/mol. The third kappa shape index (κ3) is 5.08. The van der Waals surface area contributed by atoms with Gasteiger partial charge in [-0.05, 0) is 55.3 Å². The number of rotatable bonds is 7. The van der Waals surface area contributed by atoms with Crippen molar-refractivity contribution in [2.45, 2.75) is 24.2 Å². The zero-order chi connectivity index (χ0) is 20.0. The number of halogens is 1. The summed E-state index contributed by atoms with van der Waals surface area (Å²) in [5.41, 5.74) is 0.167. The summed E-state index contributed by atoms with van der Waals surface area (Å²) in [6.45, 7) is 1.08. The molecule has 0 atom stereocenters. The Labute approximate surface area is 163 Å². The number of ether oxygens (including phenoxy) is 2. The predicted octanol–water partition coefficient (Wildman–Crippen LogP) is 3.24. The Morgan fingerprint density at radius 1 is 1.00 bits per heavy atom. The van der Waals surface area contributed by atoms with E-state index in [0.29, 0.717) is 18.8 Å². The lowest BCUT2D eigenvalue weighted by atomic mass is 10.2. The highest BCUT2D eigenvalue weighted by atomic mass is 32.2. The topological polar surface area (TPSA) is 72.9 Å². The number of sulfonamides is 1. The maximum atomic E-state index is 12.8. The second kappa shape index (κ2) is 9.16. The molecule has 0 unspecified atom stereocenters. The second-order valence-electron chi connectivity index (χ2n) is 6.43. The number of benzene rings is 2. The van der Waals surface area contributed by atoms with Crippen molar-refractivity contribution in [1.29, 1.82) is 0 Å². The van der Waals surface area contributed by atoms with E-state index in [1.54, 1.807) is 0 Å². The summed E-state index contributed by atoms with van der Waals surface area (Å²) in [5, 5.41) is 0. The van der Waals surface area contributed by atoms with Crippen LogP contribution in [-0.4, -0.2) is 45.0 Å². The average Bonchev–Trinajstić information content (AvgIpc) is 2.73. The van der Waals surface area contributed by atoms with E-state index in [9.17, 15) is 17.6 Å². The van der Waals surface area contributed by atoms with E-state index >= 15 is 0 Å². The highest BCUT2D eigenvalue weighted by Crippen LogP contribution is 2.21. The van der Waals surface area contributed by atoms with E-state index < -0.39 is 16.0 Å². The van der Waals surface area contributed by atoms with Gasteiger partial charge in [-0.3, -0.25) is 0 Å². The maximum absolute atomic E-state index is 12.8. The van der Waals surface area contributed by atoms with Crippen LogP contribution in [0.3, 0.4) is 0 Å². The molecule has 1 fully saturated rings. The summed E-state index contributed by atoms with van der Waals surface area (Å²) in [6, 6.07) is 11.4. The zero-order valence-electron chi connectivity index (χ0n) is 15.3. The molecule has 8 heteroatoms. The molecule has 0 saturated carbocycles. The Bertz CT molecular complexity index is 908. The maximum Gasteiger partial charge on any atom is 0.338 e. The summed E-state index contributed by atoms with van der Waals surface area (Å²) in [5.74, 6) is -0.524. The second-order valence-corrected chi connectivity index (χ2v) is 8.37. The standard InChI is InChI=1S/C20H22FNO5S/c21-17-7-9-18(10-8-17)26-13-14-27-20(23)16-5-4-6-19(15-16)28(24,25)22-11-2-1-3-12-22/h4-10,15H,1-3,11-14H2. The van der Waals surface area contributed by atoms with Gasteiger partial charge in [-0.2, -0.15) is 4.31 Å². The van der Waals surface area contributed by atoms with E-state index in [1.165, 1.54) is 52.8 Å². The number of carbonyl (C=O) groups is 1. The largest absolute Gasteiger partial charge is 0.490 e. The molecule has 6 nitrogen and oxygen atoms in total. The first-order chi connectivity index (χ1) is 13.5. The number of nitrogens with zero attached hydrogens (tertiary/aromatic N) is 1. The van der Waals surface area contributed by atoms with Gasteiger partial charge in [0.15, 0.2) is 0 Å². The van der Waals surface area contributed by atoms with Crippen molar-refractivity contribution < 1.29 is 27.1 Å². The van der Waals surface area contributed by atoms with Gasteiger partial charge in [-0.1, -0.05) is 12.5 Å². The molecule has 0 aromatic heterocycles. The lowest BCUT2D eigenvalue weighted by molar-refractivity contribution is 0.0450. The fourth-order valence-electron chi connectivity index (χ4n) is 2.95. The van der Waals surface area contributed by atoms with E-state index in [1.807, 2.05) is 0 Å². The molecule has 150 valence electrons. The minimum absolute atomic E-state index is 0.0146. The zero-order valence-corrected chi connectivity index (χ0v) is 16.2. The summed E-state index contributed by atoms with van der Waals surface area (Å²) < 4.78 is 50.2. The third-order valence-electron chi connectivity index (χ3n) is 4.42. The Balaban J connectivity index is 1.56. The molecule has 0 aliphatic carbocycles. The SMILES string of the molecule is O=C(OCCOc1ccc(F)cc1)c1cccc(S(=O)(=O)N2CCCCC2)c1. The first kappa shape index (κ1) is 20.3. The number of hydrogen-bond acceptors (Lipinski definition) is 5. The predicted molar refractivity (Wildman–Crippen MR) is 101 cm³/mol. The molecule has 3 rings (SSSR count). The number of hydrogen-bond donors (Lipinski definition) is 0. The lowest BCUT2D eigenvalue weighted by Crippen LogP contribution is -2.35. The molecule has 0 radical (unpaired) electrons. The van der Waals surface area contributed by atoms with Gasteiger partial charge in [0.25, 0.3) is 0 Å². The van der Waals surface area contributed by atoms with Crippen molar-refractivity contribution in [3.8, 4) is 5.75 Å². The third-order valence-corrected chi connectivity index (χ3v) is 6.32. The van der Waals surface area contributed by atoms with Crippen LogP contribution in [0.4, 0.5) is 4.39 Å². The Hall–Kier alpha value is -2.45. The van der Waals surface area contributed by atoms with Crippen LogP contribution in [0.1, 0.15) is 29.6 Å². The molecular weight excluding hydrogens is 385 g/mol. The van der Waals surface area contributed by atoms with Crippen molar-refractivity contribution >= 4 is 16.0 Å². The first-order valence-electron chi connectivity index (χ1n) is 9.12. The fraction of sp³-hybridized carbons (Fsp3) is 0.350. The molecule has 1 aliphatic heterocycles. The number of carbonyl (C=O) groups excluding carboxylic acids is 1. The highest BCUT2D eigenvalue weighted by molar-refractivity contribution is 7.89. The summed E-state index contributed by atoms with van der Waals surface area (Å²) in [7, 11) is -3.61. The van der Waals surface area contributed by atoms with Crippen molar-refractivity contribution in [2.24, 2.45) is 0 Å². The van der Waals surface area contributed by atoms with Gasteiger partial charge in [-0.25, -0.2) is 17.6 Å². The van der Waals surface area contributed by atoms with Gasteiger partial charge in [0.2, 0.25) is 10.0 Å². The van der Waals surface area contributed by atoms with E-state index in [0.717, 1.165) is 19.3 Å². The smallest absolute Gasteiger partial charge is 0.338 e. The number of piperidine rings is 1. The average molecular weight is 407 g/mol. The van der Waals surface area contributed by atoms with Crippen molar-refractivity contribution in [2.75, 3.05) is 26.3 Å². The van der Waals surface area contributed by atoms with Crippen LogP contribution in [-0.2, 0) is 14.8 Å². The van der Waals surface area contributed by atoms with Crippen LogP contribution in [0.25, 0.3) is 0 Å². The minimum Gasteiger partial charge on any atom is -0.490 e. The summed E-state index contributed by atoms with van der Waals surface area (Å²) in [4.78, 5) is 12.3. The molecule has 28 heavy (non-hydrogen) atoms. The molecule has 1 heterocycles. The molecule has 2 aromatic rings. The minimum atomic E-state index is -3.61. The normalized spacial score (nSPS) is 15.2. The molecule has 0 N–H and O–H groups in total. The summed E-state index contributed by atoms with van der Waals surface area (Å²) in [6.07, 6.45) is 2.71.